The highest BCUT2D eigenvalue weighted by atomic mass is 35.5. The maximum Gasteiger partial charge on any atom is 0.168 e. The van der Waals surface area contributed by atoms with Gasteiger partial charge in [-0.2, -0.15) is 5.26 Å². The molecule has 2 fully saturated rings. The third-order valence-corrected chi connectivity index (χ3v) is 6.24. The number of nitriles is 1. The number of pyridine rings is 1. The first-order valence-corrected chi connectivity index (χ1v) is 10.0. The lowest BCUT2D eigenvalue weighted by Gasteiger charge is -2.40. The van der Waals surface area contributed by atoms with Crippen LogP contribution in [0.1, 0.15) is 31.7 Å². The van der Waals surface area contributed by atoms with Gasteiger partial charge < -0.3 is 19.8 Å². The van der Waals surface area contributed by atoms with Gasteiger partial charge in [-0.3, -0.25) is 0 Å². The molecule has 2 N–H and O–H groups in total. The van der Waals surface area contributed by atoms with Crippen molar-refractivity contribution in [3.05, 3.63) is 35.0 Å². The van der Waals surface area contributed by atoms with Gasteiger partial charge in [0.05, 0.1) is 29.7 Å². The van der Waals surface area contributed by atoms with E-state index >= 15 is 0 Å². The van der Waals surface area contributed by atoms with Gasteiger partial charge in [0, 0.05) is 41.0 Å². The smallest absolute Gasteiger partial charge is 0.168 e. The molecular formula is C21H21ClN4O2. The van der Waals surface area contributed by atoms with Gasteiger partial charge >= 0.3 is 0 Å². The van der Waals surface area contributed by atoms with Crippen LogP contribution >= 0.6 is 11.6 Å². The molecule has 2 aliphatic rings. The minimum Gasteiger partial charge on any atom is -0.366 e. The summed E-state index contributed by atoms with van der Waals surface area (Å²) in [7, 11) is 0. The Hall–Kier alpha value is -2.33. The topological polar surface area (TPSA) is 83.0 Å². The van der Waals surface area contributed by atoms with E-state index in [0.717, 1.165) is 46.9 Å². The van der Waals surface area contributed by atoms with Crippen molar-refractivity contribution < 1.29 is 9.47 Å². The van der Waals surface area contributed by atoms with Crippen molar-refractivity contribution in [1.29, 1.82) is 5.26 Å². The van der Waals surface area contributed by atoms with Crippen LogP contribution in [0.15, 0.2) is 24.4 Å². The second-order valence-corrected chi connectivity index (χ2v) is 8.21. The average molecular weight is 397 g/mol. The number of rotatable bonds is 2. The highest BCUT2D eigenvalue weighted by molar-refractivity contribution is 6.31. The molecule has 1 aliphatic heterocycles. The molecule has 0 radical (unpaired) electrons. The van der Waals surface area contributed by atoms with Gasteiger partial charge in [0.1, 0.15) is 11.9 Å². The number of nitrogens with one attached hydrogen (secondary N) is 2. The fourth-order valence-corrected chi connectivity index (χ4v) is 4.79. The lowest BCUT2D eigenvalue weighted by atomic mass is 9.81. The van der Waals surface area contributed by atoms with E-state index in [1.54, 1.807) is 6.20 Å². The Labute approximate surface area is 167 Å². The summed E-state index contributed by atoms with van der Waals surface area (Å²) in [4.78, 5) is 7.93. The fourth-order valence-electron chi connectivity index (χ4n) is 4.61. The van der Waals surface area contributed by atoms with E-state index < -0.39 is 5.79 Å². The first kappa shape index (κ1) is 17.7. The molecule has 1 saturated heterocycles. The third-order valence-electron chi connectivity index (χ3n) is 6.00. The van der Waals surface area contributed by atoms with Crippen molar-refractivity contribution in [2.45, 2.75) is 38.0 Å². The quantitative estimate of drug-likeness (QED) is 0.662. The number of hydrogen-bond acceptors (Lipinski definition) is 5. The maximum absolute atomic E-state index is 9.50. The zero-order valence-corrected chi connectivity index (χ0v) is 16.3. The van der Waals surface area contributed by atoms with E-state index in [0.29, 0.717) is 29.7 Å². The Balaban J connectivity index is 1.53. The van der Waals surface area contributed by atoms with Gasteiger partial charge in [0.15, 0.2) is 5.79 Å². The van der Waals surface area contributed by atoms with E-state index in [2.05, 4.69) is 28.3 Å². The number of aromatic nitrogens is 2. The van der Waals surface area contributed by atoms with Gasteiger partial charge in [0.25, 0.3) is 0 Å². The summed E-state index contributed by atoms with van der Waals surface area (Å²) < 4.78 is 11.8. The molecule has 2 aromatic heterocycles. The zero-order chi connectivity index (χ0) is 19.3. The number of fused-ring (bicyclic) bond motifs is 3. The lowest BCUT2D eigenvalue weighted by Crippen LogP contribution is -2.44. The van der Waals surface area contributed by atoms with Crippen LogP contribution in [0.3, 0.4) is 0 Å². The number of hydrogen-bond donors (Lipinski definition) is 2. The Morgan fingerprint density at radius 1 is 1.36 bits per heavy atom. The summed E-state index contributed by atoms with van der Waals surface area (Å²) in [5.74, 6) is 0.769. The van der Waals surface area contributed by atoms with Crippen LogP contribution in [0.25, 0.3) is 21.8 Å². The molecule has 5 rings (SSSR count). The number of aromatic amines is 1. The first-order valence-electron chi connectivity index (χ1n) is 9.63. The molecule has 0 unspecified atom stereocenters. The number of ether oxygens (including phenoxy) is 2. The molecule has 1 aliphatic carbocycles. The summed E-state index contributed by atoms with van der Waals surface area (Å²) in [6.07, 6.45) is 4.31. The maximum atomic E-state index is 9.50. The SMILES string of the molecule is C[C@H]1CC2(CC[C@H]1Nc1ncc(C#N)c3[nH]c4cc(Cl)ccc4c13)OCCO2. The van der Waals surface area contributed by atoms with Crippen molar-refractivity contribution in [1.82, 2.24) is 9.97 Å². The van der Waals surface area contributed by atoms with Crippen molar-refractivity contribution in [2.24, 2.45) is 5.92 Å². The third kappa shape index (κ3) is 2.82. The van der Waals surface area contributed by atoms with E-state index in [-0.39, 0.29) is 6.04 Å². The Morgan fingerprint density at radius 2 is 2.18 bits per heavy atom. The Morgan fingerprint density at radius 3 is 2.93 bits per heavy atom. The largest absolute Gasteiger partial charge is 0.366 e. The molecule has 1 spiro atoms. The lowest BCUT2D eigenvalue weighted by molar-refractivity contribution is -0.186. The highest BCUT2D eigenvalue weighted by Gasteiger charge is 2.43. The molecule has 3 heterocycles. The van der Waals surface area contributed by atoms with E-state index in [4.69, 9.17) is 21.1 Å². The summed E-state index contributed by atoms with van der Waals surface area (Å²) >= 11 is 6.15. The predicted molar refractivity (Wildman–Crippen MR) is 108 cm³/mol. The molecule has 0 bridgehead atoms. The predicted octanol–water partition coefficient (Wildman–Crippen LogP) is 4.58. The second kappa shape index (κ2) is 6.63. The molecule has 28 heavy (non-hydrogen) atoms. The highest BCUT2D eigenvalue weighted by Crippen LogP contribution is 2.41. The van der Waals surface area contributed by atoms with Gasteiger partial charge in [-0.25, -0.2) is 4.98 Å². The number of H-pyrrole nitrogens is 1. The summed E-state index contributed by atoms with van der Waals surface area (Å²) in [5.41, 5.74) is 2.22. The summed E-state index contributed by atoms with van der Waals surface area (Å²) in [6, 6.07) is 8.21. The number of anilines is 1. The van der Waals surface area contributed by atoms with Crippen molar-refractivity contribution >= 4 is 39.2 Å². The summed E-state index contributed by atoms with van der Waals surface area (Å²) in [6.45, 7) is 3.58. The van der Waals surface area contributed by atoms with Gasteiger partial charge in [-0.15, -0.1) is 0 Å². The molecule has 2 atom stereocenters. The van der Waals surface area contributed by atoms with Crippen molar-refractivity contribution in [3.8, 4) is 6.07 Å². The second-order valence-electron chi connectivity index (χ2n) is 7.78. The molecule has 7 heteroatoms. The minimum atomic E-state index is -0.400. The molecule has 6 nitrogen and oxygen atoms in total. The summed E-state index contributed by atoms with van der Waals surface area (Å²) in [5, 5.41) is 15.7. The monoisotopic (exact) mass is 396 g/mol. The minimum absolute atomic E-state index is 0.263. The molecule has 144 valence electrons. The standard InChI is InChI=1S/C21H21ClN4O2/c1-12-9-21(27-6-7-28-21)5-4-16(12)26-20-18-15-3-2-14(22)8-17(15)25-19(18)13(10-23)11-24-20/h2-3,8,11-12,16,25H,4-7,9H2,1H3,(H,24,26)/t12-,16+/m0/s1. The van der Waals surface area contributed by atoms with E-state index in [1.165, 1.54) is 0 Å². The van der Waals surface area contributed by atoms with Gasteiger partial charge in [0.2, 0.25) is 0 Å². The van der Waals surface area contributed by atoms with Crippen molar-refractivity contribution in [2.75, 3.05) is 18.5 Å². The van der Waals surface area contributed by atoms with Crippen LogP contribution in [0.5, 0.6) is 0 Å². The fraction of sp³-hybridized carbons (Fsp3) is 0.429. The molecule has 1 saturated carbocycles. The molecule has 0 amide bonds. The number of nitrogens with zero attached hydrogens (tertiary/aromatic N) is 2. The first-order chi connectivity index (χ1) is 13.6. The van der Waals surface area contributed by atoms with Crippen LogP contribution in [0.4, 0.5) is 5.82 Å². The van der Waals surface area contributed by atoms with Crippen LogP contribution < -0.4 is 5.32 Å². The van der Waals surface area contributed by atoms with Crippen LogP contribution in [-0.4, -0.2) is 35.0 Å². The number of benzene rings is 1. The van der Waals surface area contributed by atoms with E-state index in [1.807, 2.05) is 18.2 Å². The molecular weight excluding hydrogens is 376 g/mol. The average Bonchev–Trinajstić information content (AvgIpc) is 3.28. The molecule has 3 aromatic rings. The van der Waals surface area contributed by atoms with E-state index in [9.17, 15) is 5.26 Å². The Kier molecular flexibility index (Phi) is 4.20. The van der Waals surface area contributed by atoms with Crippen molar-refractivity contribution in [3.63, 3.8) is 0 Å². The van der Waals surface area contributed by atoms with Crippen LogP contribution in [0.2, 0.25) is 5.02 Å². The Bertz CT molecular complexity index is 1100. The zero-order valence-electron chi connectivity index (χ0n) is 15.6. The van der Waals surface area contributed by atoms with Gasteiger partial charge in [-0.05, 0) is 24.5 Å². The molecule has 1 aromatic carbocycles. The van der Waals surface area contributed by atoms with Crippen LogP contribution in [0, 0.1) is 17.2 Å². The normalized spacial score (nSPS) is 24.0. The van der Waals surface area contributed by atoms with Gasteiger partial charge in [-0.1, -0.05) is 24.6 Å². The number of halogens is 1. The van der Waals surface area contributed by atoms with Crippen LogP contribution in [-0.2, 0) is 9.47 Å².